The van der Waals surface area contributed by atoms with Crippen LogP contribution in [-0.4, -0.2) is 41.8 Å². The lowest BCUT2D eigenvalue weighted by Crippen LogP contribution is -2.51. The van der Waals surface area contributed by atoms with Crippen molar-refractivity contribution in [1.82, 2.24) is 10.2 Å². The standard InChI is InChI=1S/C26H26ClN3O3/c1-16-14-22-24(17(2)25(16)27)21(31)15-26(33-22)10-12-30(13-11-26)23-9-8-20(28-29-23)18-4-6-19(32-3)7-5-18/h4-9,14H,10-13,15H2,1-3H3. The first-order valence-electron chi connectivity index (χ1n) is 11.1. The van der Waals surface area contributed by atoms with Gasteiger partial charge >= 0.3 is 0 Å². The first-order valence-corrected chi connectivity index (χ1v) is 11.5. The number of ether oxygens (including phenoxy) is 2. The Balaban J connectivity index is 1.29. The number of fused-ring (bicyclic) bond motifs is 1. The Morgan fingerprint density at radius 2 is 1.79 bits per heavy atom. The predicted octanol–water partition coefficient (Wildman–Crippen LogP) is 5.43. The molecule has 3 heterocycles. The van der Waals surface area contributed by atoms with Gasteiger partial charge in [-0.05, 0) is 67.4 Å². The molecule has 0 radical (unpaired) electrons. The van der Waals surface area contributed by atoms with Gasteiger partial charge in [0.2, 0.25) is 0 Å². The fourth-order valence-electron chi connectivity index (χ4n) is 4.83. The summed E-state index contributed by atoms with van der Waals surface area (Å²) in [4.78, 5) is 15.2. The molecule has 2 aliphatic rings. The van der Waals surface area contributed by atoms with E-state index >= 15 is 0 Å². The molecular formula is C26H26ClN3O3. The number of piperidine rings is 1. The molecule has 1 fully saturated rings. The predicted molar refractivity (Wildman–Crippen MR) is 129 cm³/mol. The minimum atomic E-state index is -0.468. The number of aryl methyl sites for hydroxylation is 1. The van der Waals surface area contributed by atoms with E-state index in [4.69, 9.17) is 21.1 Å². The molecule has 0 amide bonds. The molecule has 6 nitrogen and oxygen atoms in total. The third-order valence-electron chi connectivity index (χ3n) is 6.77. The zero-order chi connectivity index (χ0) is 23.2. The molecule has 1 spiro atoms. The molecule has 170 valence electrons. The minimum absolute atomic E-state index is 0.118. The number of Topliss-reactive ketones (excluding diaryl/α,β-unsaturated/α-hetero) is 1. The van der Waals surface area contributed by atoms with Gasteiger partial charge in [0, 0.05) is 36.5 Å². The Kier molecular flexibility index (Phi) is 5.49. The van der Waals surface area contributed by atoms with Crippen LogP contribution in [0.25, 0.3) is 11.3 Å². The molecule has 33 heavy (non-hydrogen) atoms. The molecule has 0 bridgehead atoms. The Labute approximate surface area is 198 Å². The molecule has 7 heteroatoms. The summed E-state index contributed by atoms with van der Waals surface area (Å²) < 4.78 is 11.7. The van der Waals surface area contributed by atoms with Crippen LogP contribution >= 0.6 is 11.6 Å². The lowest BCUT2D eigenvalue weighted by molar-refractivity contribution is 0.0229. The van der Waals surface area contributed by atoms with Crippen LogP contribution in [0.3, 0.4) is 0 Å². The second-order valence-electron chi connectivity index (χ2n) is 8.88. The number of aromatic nitrogens is 2. The van der Waals surface area contributed by atoms with Gasteiger partial charge < -0.3 is 14.4 Å². The van der Waals surface area contributed by atoms with Gasteiger partial charge in [0.25, 0.3) is 0 Å². The van der Waals surface area contributed by atoms with Crippen LogP contribution < -0.4 is 14.4 Å². The number of hydrogen-bond acceptors (Lipinski definition) is 6. The number of benzene rings is 2. The van der Waals surface area contributed by atoms with E-state index in [1.54, 1.807) is 7.11 Å². The van der Waals surface area contributed by atoms with Crippen molar-refractivity contribution >= 4 is 23.2 Å². The maximum Gasteiger partial charge on any atom is 0.170 e. The van der Waals surface area contributed by atoms with Crippen LogP contribution in [0, 0.1) is 13.8 Å². The molecule has 0 atom stereocenters. The van der Waals surface area contributed by atoms with E-state index in [-0.39, 0.29) is 5.78 Å². The van der Waals surface area contributed by atoms with Crippen molar-refractivity contribution < 1.29 is 14.3 Å². The maximum atomic E-state index is 13.0. The lowest BCUT2D eigenvalue weighted by atomic mass is 9.81. The average Bonchev–Trinajstić information content (AvgIpc) is 2.83. The van der Waals surface area contributed by atoms with E-state index in [2.05, 4.69) is 15.1 Å². The number of nitrogens with zero attached hydrogens (tertiary/aromatic N) is 3. The van der Waals surface area contributed by atoms with Crippen molar-refractivity contribution in [2.75, 3.05) is 25.1 Å². The van der Waals surface area contributed by atoms with Crippen molar-refractivity contribution in [1.29, 1.82) is 0 Å². The van der Waals surface area contributed by atoms with Crippen LogP contribution in [0.2, 0.25) is 5.02 Å². The molecule has 2 aromatic carbocycles. The van der Waals surface area contributed by atoms with E-state index in [0.29, 0.717) is 22.8 Å². The van der Waals surface area contributed by atoms with E-state index in [0.717, 1.165) is 59.9 Å². The number of carbonyl (C=O) groups excluding carboxylic acids is 1. The monoisotopic (exact) mass is 463 g/mol. The highest BCUT2D eigenvalue weighted by molar-refractivity contribution is 6.32. The lowest BCUT2D eigenvalue weighted by Gasteiger charge is -2.44. The largest absolute Gasteiger partial charge is 0.497 e. The Morgan fingerprint density at radius 1 is 1.06 bits per heavy atom. The molecule has 3 aromatic rings. The summed E-state index contributed by atoms with van der Waals surface area (Å²) in [5.74, 6) is 2.43. The molecule has 1 aromatic heterocycles. The average molecular weight is 464 g/mol. The second kappa shape index (κ2) is 8.34. The van der Waals surface area contributed by atoms with Crippen molar-refractivity contribution in [3.05, 3.63) is 64.2 Å². The van der Waals surface area contributed by atoms with E-state index in [9.17, 15) is 4.79 Å². The molecule has 1 saturated heterocycles. The van der Waals surface area contributed by atoms with Crippen molar-refractivity contribution in [3.8, 4) is 22.8 Å². The summed E-state index contributed by atoms with van der Waals surface area (Å²) in [5.41, 5.74) is 3.73. The Hall–Kier alpha value is -3.12. The smallest absolute Gasteiger partial charge is 0.170 e. The summed E-state index contributed by atoms with van der Waals surface area (Å²) in [6, 6.07) is 13.7. The fraction of sp³-hybridized carbons (Fsp3) is 0.346. The number of carbonyl (C=O) groups is 1. The van der Waals surface area contributed by atoms with Crippen LogP contribution in [-0.2, 0) is 0 Å². The minimum Gasteiger partial charge on any atom is -0.497 e. The maximum absolute atomic E-state index is 13.0. The SMILES string of the molecule is COc1ccc(-c2ccc(N3CCC4(CC3)CC(=O)c3c(cc(C)c(Cl)c3C)O4)nn2)cc1. The number of methoxy groups -OCH3 is 1. The van der Waals surface area contributed by atoms with Gasteiger partial charge in [0.15, 0.2) is 11.6 Å². The van der Waals surface area contributed by atoms with Gasteiger partial charge in [-0.15, -0.1) is 10.2 Å². The number of hydrogen-bond donors (Lipinski definition) is 0. The Bertz CT molecular complexity index is 1200. The quantitative estimate of drug-likeness (QED) is 0.516. The van der Waals surface area contributed by atoms with Crippen LogP contribution in [0.1, 0.15) is 40.7 Å². The van der Waals surface area contributed by atoms with E-state index in [1.807, 2.05) is 56.3 Å². The van der Waals surface area contributed by atoms with Crippen LogP contribution in [0.5, 0.6) is 11.5 Å². The van der Waals surface area contributed by atoms with Gasteiger partial charge in [-0.2, -0.15) is 0 Å². The first-order chi connectivity index (χ1) is 15.9. The zero-order valence-electron chi connectivity index (χ0n) is 19.0. The van der Waals surface area contributed by atoms with Crippen molar-refractivity contribution in [2.24, 2.45) is 0 Å². The molecule has 0 N–H and O–H groups in total. The topological polar surface area (TPSA) is 64.5 Å². The van der Waals surface area contributed by atoms with Gasteiger partial charge in [-0.3, -0.25) is 4.79 Å². The summed E-state index contributed by atoms with van der Waals surface area (Å²) in [7, 11) is 1.65. The summed E-state index contributed by atoms with van der Waals surface area (Å²) in [5, 5.41) is 9.53. The number of anilines is 1. The highest BCUT2D eigenvalue weighted by Crippen LogP contribution is 2.43. The number of halogens is 1. The summed E-state index contributed by atoms with van der Waals surface area (Å²) >= 11 is 6.38. The van der Waals surface area contributed by atoms with Crippen molar-refractivity contribution in [2.45, 2.75) is 38.7 Å². The number of rotatable bonds is 3. The van der Waals surface area contributed by atoms with E-state index in [1.165, 1.54) is 0 Å². The fourth-order valence-corrected chi connectivity index (χ4v) is 4.98. The van der Waals surface area contributed by atoms with Gasteiger partial charge in [0.1, 0.15) is 17.1 Å². The van der Waals surface area contributed by atoms with Crippen molar-refractivity contribution in [3.63, 3.8) is 0 Å². The molecule has 0 saturated carbocycles. The molecule has 2 aliphatic heterocycles. The molecular weight excluding hydrogens is 438 g/mol. The Morgan fingerprint density at radius 3 is 2.42 bits per heavy atom. The molecule has 5 rings (SSSR count). The van der Waals surface area contributed by atoms with Gasteiger partial charge in [0.05, 0.1) is 24.8 Å². The normalized spacial score (nSPS) is 17.0. The first kappa shape index (κ1) is 21.7. The molecule has 0 aliphatic carbocycles. The zero-order valence-corrected chi connectivity index (χ0v) is 19.8. The van der Waals surface area contributed by atoms with Gasteiger partial charge in [-0.25, -0.2) is 0 Å². The second-order valence-corrected chi connectivity index (χ2v) is 9.26. The third-order valence-corrected chi connectivity index (χ3v) is 7.35. The highest BCUT2D eigenvalue weighted by atomic mass is 35.5. The summed E-state index contributed by atoms with van der Waals surface area (Å²) in [6.07, 6.45) is 1.89. The number of ketones is 1. The highest BCUT2D eigenvalue weighted by Gasteiger charge is 2.44. The van der Waals surface area contributed by atoms with Crippen LogP contribution in [0.15, 0.2) is 42.5 Å². The van der Waals surface area contributed by atoms with E-state index < -0.39 is 5.60 Å². The molecule has 0 unspecified atom stereocenters. The summed E-state index contributed by atoms with van der Waals surface area (Å²) in [6.45, 7) is 5.35. The third kappa shape index (κ3) is 3.93. The van der Waals surface area contributed by atoms with Gasteiger partial charge in [-0.1, -0.05) is 11.6 Å². The van der Waals surface area contributed by atoms with Crippen LogP contribution in [0.4, 0.5) is 5.82 Å².